The minimum Gasteiger partial charge on any atom is -0.478 e. The Hall–Kier alpha value is -4.40. The number of nitrogens with zero attached hydrogens (tertiary/aromatic N) is 1. The third kappa shape index (κ3) is 8.23. The molecule has 1 aromatic heterocycles. The molecule has 6 aromatic rings. The lowest BCUT2D eigenvalue weighted by molar-refractivity contribution is 0.0697. The first-order valence-electron chi connectivity index (χ1n) is 17.1. The number of hydrogen-bond donors (Lipinski definition) is 2. The standard InChI is InChI=1S/C42H40Cl2N2O4S/c1-29(28-43)35-16-8-9-18-40(35)51(49,50)45-26-25-39-36(17-10-11-30-19-21-33(22-20-30)42(47)48)37-27-34(44)23-24-38(37)46(39)41(31-12-4-2-5-13-31)32-14-6-3-7-15-32/h2-9,12-16,18-24,27,29,41,45H,10-11,17,25-26,28H2,1H3,(H,47,48). The van der Waals surface area contributed by atoms with Gasteiger partial charge >= 0.3 is 5.97 Å². The second kappa shape index (κ2) is 16.3. The topological polar surface area (TPSA) is 88.4 Å². The molecule has 5 aromatic carbocycles. The van der Waals surface area contributed by atoms with E-state index >= 15 is 0 Å². The summed E-state index contributed by atoms with van der Waals surface area (Å²) in [5.74, 6) is -0.770. The number of aromatic nitrogens is 1. The number of carboxylic acids is 1. The summed E-state index contributed by atoms with van der Waals surface area (Å²) in [7, 11) is -3.85. The molecule has 0 spiro atoms. The lowest BCUT2D eigenvalue weighted by atomic mass is 9.97. The van der Waals surface area contributed by atoms with Gasteiger partial charge in [-0.25, -0.2) is 17.9 Å². The molecule has 1 unspecified atom stereocenters. The number of rotatable bonds is 15. The summed E-state index contributed by atoms with van der Waals surface area (Å²) in [4.78, 5) is 11.6. The van der Waals surface area contributed by atoms with Crippen LogP contribution in [0.2, 0.25) is 5.02 Å². The van der Waals surface area contributed by atoms with Crippen molar-refractivity contribution in [3.8, 4) is 0 Å². The lowest BCUT2D eigenvalue weighted by Gasteiger charge is -2.25. The van der Waals surface area contributed by atoms with E-state index in [2.05, 4.69) is 39.6 Å². The van der Waals surface area contributed by atoms with E-state index < -0.39 is 16.0 Å². The number of carboxylic acid groups (broad SMARTS) is 1. The fourth-order valence-electron chi connectivity index (χ4n) is 6.89. The Morgan fingerprint density at radius 3 is 2.06 bits per heavy atom. The summed E-state index contributed by atoms with van der Waals surface area (Å²) >= 11 is 12.8. The number of sulfonamides is 1. The molecule has 2 N–H and O–H groups in total. The van der Waals surface area contributed by atoms with Crippen LogP contribution in [0.25, 0.3) is 10.9 Å². The molecule has 6 rings (SSSR count). The maximum Gasteiger partial charge on any atom is 0.335 e. The van der Waals surface area contributed by atoms with Gasteiger partial charge in [-0.2, -0.15) is 0 Å². The molecule has 0 bridgehead atoms. The summed E-state index contributed by atoms with van der Waals surface area (Å²) in [5, 5.41) is 11.0. The number of alkyl halides is 1. The summed E-state index contributed by atoms with van der Waals surface area (Å²) < 4.78 is 32.9. The normalized spacial score (nSPS) is 12.4. The van der Waals surface area contributed by atoms with Crippen LogP contribution in [0.5, 0.6) is 0 Å². The van der Waals surface area contributed by atoms with Gasteiger partial charge in [0.2, 0.25) is 10.0 Å². The van der Waals surface area contributed by atoms with Crippen LogP contribution in [0.4, 0.5) is 0 Å². The zero-order chi connectivity index (χ0) is 36.0. The van der Waals surface area contributed by atoms with Crippen LogP contribution in [0.15, 0.2) is 132 Å². The van der Waals surface area contributed by atoms with Gasteiger partial charge in [0.1, 0.15) is 0 Å². The average Bonchev–Trinajstić information content (AvgIpc) is 3.43. The Labute approximate surface area is 309 Å². The SMILES string of the molecule is CC(CCl)c1ccccc1S(=O)(=O)NCCc1c(CCCc2ccc(C(=O)O)cc2)c2cc(Cl)ccc2n1C(c1ccccc1)c1ccccc1. The fourth-order valence-corrected chi connectivity index (χ4v) is 8.59. The first-order valence-corrected chi connectivity index (χ1v) is 19.5. The predicted octanol–water partition coefficient (Wildman–Crippen LogP) is 9.67. The number of benzene rings is 5. The van der Waals surface area contributed by atoms with Crippen LogP contribution in [0, 0.1) is 0 Å². The van der Waals surface area contributed by atoms with Gasteiger partial charge < -0.3 is 9.67 Å². The van der Waals surface area contributed by atoms with Gasteiger partial charge in [0.05, 0.1) is 16.5 Å². The molecule has 9 heteroatoms. The van der Waals surface area contributed by atoms with Gasteiger partial charge in [-0.1, -0.05) is 110 Å². The number of hydrogen-bond acceptors (Lipinski definition) is 3. The molecule has 0 saturated heterocycles. The summed E-state index contributed by atoms with van der Waals surface area (Å²) in [5.41, 5.74) is 7.35. The Kier molecular flexibility index (Phi) is 11.6. The van der Waals surface area contributed by atoms with Gasteiger partial charge in [0, 0.05) is 40.5 Å². The molecule has 1 atom stereocenters. The largest absolute Gasteiger partial charge is 0.478 e. The second-order valence-electron chi connectivity index (χ2n) is 12.8. The highest BCUT2D eigenvalue weighted by Crippen LogP contribution is 2.38. The number of nitrogens with one attached hydrogen (secondary N) is 1. The molecule has 6 nitrogen and oxygen atoms in total. The van der Waals surface area contributed by atoms with Crippen LogP contribution < -0.4 is 4.72 Å². The number of aromatic carboxylic acids is 1. The Morgan fingerprint density at radius 2 is 1.43 bits per heavy atom. The molecule has 0 fully saturated rings. The van der Waals surface area contributed by atoms with E-state index in [1.165, 1.54) is 0 Å². The second-order valence-corrected chi connectivity index (χ2v) is 15.3. The Morgan fingerprint density at radius 1 is 0.804 bits per heavy atom. The highest BCUT2D eigenvalue weighted by atomic mass is 35.5. The van der Waals surface area contributed by atoms with Gasteiger partial charge in [0.15, 0.2) is 0 Å². The smallest absolute Gasteiger partial charge is 0.335 e. The van der Waals surface area contributed by atoms with Crippen molar-refractivity contribution in [1.29, 1.82) is 0 Å². The van der Waals surface area contributed by atoms with Crippen LogP contribution in [0.3, 0.4) is 0 Å². The highest BCUT2D eigenvalue weighted by Gasteiger charge is 2.27. The van der Waals surface area contributed by atoms with Crippen molar-refractivity contribution >= 4 is 50.1 Å². The third-order valence-corrected chi connectivity index (χ3v) is 11.6. The predicted molar refractivity (Wildman–Crippen MR) is 207 cm³/mol. The van der Waals surface area contributed by atoms with Crippen molar-refractivity contribution in [1.82, 2.24) is 9.29 Å². The van der Waals surface area contributed by atoms with Crippen molar-refractivity contribution in [2.75, 3.05) is 12.4 Å². The van der Waals surface area contributed by atoms with Gasteiger partial charge in [-0.3, -0.25) is 0 Å². The first kappa shape index (κ1) is 36.4. The first-order chi connectivity index (χ1) is 24.7. The van der Waals surface area contributed by atoms with E-state index in [4.69, 9.17) is 23.2 Å². The summed E-state index contributed by atoms with van der Waals surface area (Å²) in [6.07, 6.45) is 2.67. The fraction of sp³-hybridized carbons (Fsp3) is 0.214. The van der Waals surface area contributed by atoms with E-state index in [0.29, 0.717) is 29.3 Å². The van der Waals surface area contributed by atoms with E-state index in [0.717, 1.165) is 51.7 Å². The zero-order valence-corrected chi connectivity index (χ0v) is 30.6. The van der Waals surface area contributed by atoms with Gasteiger partial charge in [0.25, 0.3) is 0 Å². The summed E-state index contributed by atoms with van der Waals surface area (Å²) in [6.45, 7) is 2.10. The van der Waals surface area contributed by atoms with Crippen LogP contribution in [-0.2, 0) is 29.3 Å². The maximum absolute atomic E-state index is 13.8. The monoisotopic (exact) mass is 738 g/mol. The molecule has 0 radical (unpaired) electrons. The average molecular weight is 740 g/mol. The van der Waals surface area contributed by atoms with Crippen LogP contribution >= 0.6 is 23.2 Å². The molecule has 0 aliphatic rings. The van der Waals surface area contributed by atoms with Crippen molar-refractivity contribution < 1.29 is 18.3 Å². The third-order valence-electron chi connectivity index (χ3n) is 9.39. The van der Waals surface area contributed by atoms with E-state index in [-0.39, 0.29) is 29.0 Å². The van der Waals surface area contributed by atoms with E-state index in [1.54, 1.807) is 24.3 Å². The molecule has 51 heavy (non-hydrogen) atoms. The Balaban J connectivity index is 1.43. The van der Waals surface area contributed by atoms with Crippen molar-refractivity contribution in [2.24, 2.45) is 0 Å². The molecule has 1 heterocycles. The molecule has 0 saturated carbocycles. The van der Waals surface area contributed by atoms with E-state index in [1.807, 2.05) is 79.7 Å². The van der Waals surface area contributed by atoms with Crippen molar-refractivity contribution in [3.63, 3.8) is 0 Å². The van der Waals surface area contributed by atoms with Gasteiger partial charge in [-0.15, -0.1) is 11.6 Å². The van der Waals surface area contributed by atoms with E-state index in [9.17, 15) is 18.3 Å². The molecule has 0 aliphatic heterocycles. The summed E-state index contributed by atoms with van der Waals surface area (Å²) in [6, 6.07) is 40.5. The minimum absolute atomic E-state index is 0.129. The molecule has 262 valence electrons. The maximum atomic E-state index is 13.8. The van der Waals surface area contributed by atoms with Crippen LogP contribution in [-0.4, -0.2) is 36.5 Å². The lowest BCUT2D eigenvalue weighted by Crippen LogP contribution is -2.28. The quantitative estimate of drug-likeness (QED) is 0.103. The molecular formula is C42H40Cl2N2O4S. The Bertz CT molecular complexity index is 2180. The van der Waals surface area contributed by atoms with Crippen LogP contribution in [0.1, 0.15) is 69.2 Å². The van der Waals surface area contributed by atoms with Crippen molar-refractivity contribution in [2.45, 2.75) is 49.5 Å². The molecule has 0 aliphatic carbocycles. The number of aryl methyl sites for hydroxylation is 2. The molecule has 0 amide bonds. The number of carbonyl (C=O) groups is 1. The van der Waals surface area contributed by atoms with Crippen molar-refractivity contribution in [3.05, 3.63) is 171 Å². The molecular weight excluding hydrogens is 699 g/mol. The number of halogens is 2. The van der Waals surface area contributed by atoms with Gasteiger partial charge in [-0.05, 0) is 89.4 Å². The highest BCUT2D eigenvalue weighted by molar-refractivity contribution is 7.89. The number of fused-ring (bicyclic) bond motifs is 1. The zero-order valence-electron chi connectivity index (χ0n) is 28.3. The minimum atomic E-state index is -3.85.